The van der Waals surface area contributed by atoms with Crippen molar-refractivity contribution in [1.82, 2.24) is 0 Å². The van der Waals surface area contributed by atoms with Gasteiger partial charge in [-0.15, -0.1) is 0 Å². The lowest BCUT2D eigenvalue weighted by molar-refractivity contribution is -0.684. The third-order valence-electron chi connectivity index (χ3n) is 3.88. The molecule has 3 rings (SSSR count). The second kappa shape index (κ2) is 9.45. The largest absolute Gasteiger partial charge is 1.00 e. The molecular weight excluding hydrogens is 366 g/mol. The molecule has 0 radical (unpaired) electrons. The number of carbonyl (C=O) groups excluding carboxylic acids is 1. The van der Waals surface area contributed by atoms with Gasteiger partial charge in [0.15, 0.2) is 12.4 Å². The van der Waals surface area contributed by atoms with Crippen LogP contribution in [0.5, 0.6) is 0 Å². The number of anilines is 1. The molecule has 0 aliphatic rings. The highest BCUT2D eigenvalue weighted by atomic mass is 35.5. The van der Waals surface area contributed by atoms with Gasteiger partial charge in [0.1, 0.15) is 0 Å². The molecule has 0 saturated heterocycles. The lowest BCUT2D eigenvalue weighted by atomic mass is 10.1. The normalized spacial score (nSPS) is 9.93. The fourth-order valence-corrected chi connectivity index (χ4v) is 2.61. The molecule has 0 spiro atoms. The molecule has 0 unspecified atom stereocenters. The van der Waals surface area contributed by atoms with Crippen LogP contribution < -0.4 is 22.3 Å². The Morgan fingerprint density at radius 1 is 0.963 bits per heavy atom. The Labute approximate surface area is 163 Å². The van der Waals surface area contributed by atoms with Crippen LogP contribution in [-0.4, -0.2) is 10.8 Å². The highest BCUT2D eigenvalue weighted by Gasteiger charge is 2.12. The first-order valence-corrected chi connectivity index (χ1v) is 8.16. The summed E-state index contributed by atoms with van der Waals surface area (Å²) in [4.78, 5) is 22.4. The standard InChI is InChI=1S/C20H17N3O3.ClH/c24-20(21-18-7-4-8-19(14-18)23(25)26)15-22-11-9-17(10-12-22)13-16-5-2-1-3-6-16;/h1-12,14H,13,15H2;1H. The summed E-state index contributed by atoms with van der Waals surface area (Å²) in [5.41, 5.74) is 2.74. The number of hydrogen-bond acceptors (Lipinski definition) is 3. The smallest absolute Gasteiger partial charge is 0.290 e. The molecule has 2 aromatic carbocycles. The van der Waals surface area contributed by atoms with Gasteiger partial charge >= 0.3 is 0 Å². The summed E-state index contributed by atoms with van der Waals surface area (Å²) in [7, 11) is 0. The molecule has 1 aromatic heterocycles. The van der Waals surface area contributed by atoms with Crippen LogP contribution in [0.3, 0.4) is 0 Å². The number of amides is 1. The first-order valence-electron chi connectivity index (χ1n) is 8.16. The monoisotopic (exact) mass is 383 g/mol. The number of rotatable bonds is 6. The molecule has 27 heavy (non-hydrogen) atoms. The summed E-state index contributed by atoms with van der Waals surface area (Å²) < 4.78 is 1.77. The molecule has 0 aliphatic heterocycles. The summed E-state index contributed by atoms with van der Waals surface area (Å²) in [6.07, 6.45) is 4.54. The minimum atomic E-state index is -0.490. The third kappa shape index (κ3) is 5.90. The summed E-state index contributed by atoms with van der Waals surface area (Å²) in [6, 6.07) is 20.0. The Morgan fingerprint density at radius 2 is 1.63 bits per heavy atom. The average molecular weight is 384 g/mol. The van der Waals surface area contributed by atoms with E-state index in [1.165, 1.54) is 17.7 Å². The van der Waals surface area contributed by atoms with Gasteiger partial charge < -0.3 is 17.7 Å². The summed E-state index contributed by atoms with van der Waals surface area (Å²) >= 11 is 0. The van der Waals surface area contributed by atoms with Crippen LogP contribution in [0.2, 0.25) is 0 Å². The molecule has 6 nitrogen and oxygen atoms in total. The predicted molar refractivity (Wildman–Crippen MR) is 97.6 cm³/mol. The lowest BCUT2D eigenvalue weighted by Gasteiger charge is -2.04. The third-order valence-corrected chi connectivity index (χ3v) is 3.88. The van der Waals surface area contributed by atoms with Crippen molar-refractivity contribution in [3.05, 3.63) is 100 Å². The number of hydrogen-bond donors (Lipinski definition) is 1. The highest BCUT2D eigenvalue weighted by Crippen LogP contribution is 2.16. The SMILES string of the molecule is O=C(C[n+]1ccc(Cc2ccccc2)cc1)Nc1cccc([N+](=O)[O-])c1.[Cl-]. The van der Waals surface area contributed by atoms with Crippen molar-refractivity contribution < 1.29 is 26.7 Å². The van der Waals surface area contributed by atoms with E-state index in [1.54, 1.807) is 16.7 Å². The first kappa shape index (κ1) is 20.1. The Morgan fingerprint density at radius 3 is 2.30 bits per heavy atom. The lowest BCUT2D eigenvalue weighted by Crippen LogP contribution is -3.00. The fourth-order valence-electron chi connectivity index (χ4n) is 2.61. The van der Waals surface area contributed by atoms with E-state index in [9.17, 15) is 14.9 Å². The van der Waals surface area contributed by atoms with Crippen LogP contribution in [0.1, 0.15) is 11.1 Å². The van der Waals surface area contributed by atoms with E-state index in [-0.39, 0.29) is 30.5 Å². The Kier molecular flexibility index (Phi) is 7.02. The first-order chi connectivity index (χ1) is 12.6. The van der Waals surface area contributed by atoms with Gasteiger partial charge in [0.2, 0.25) is 6.54 Å². The van der Waals surface area contributed by atoms with Crippen molar-refractivity contribution in [3.63, 3.8) is 0 Å². The summed E-state index contributed by atoms with van der Waals surface area (Å²) in [5.74, 6) is -0.244. The number of pyridine rings is 1. The number of aromatic nitrogens is 1. The zero-order valence-electron chi connectivity index (χ0n) is 14.4. The Bertz CT molecular complexity index is 915. The number of non-ortho nitro benzene ring substituents is 1. The Balaban J connectivity index is 0.00000261. The van der Waals surface area contributed by atoms with E-state index < -0.39 is 4.92 Å². The molecule has 0 bridgehead atoms. The number of carbonyl (C=O) groups is 1. The molecule has 0 fully saturated rings. The number of nitrogens with zero attached hydrogens (tertiary/aromatic N) is 2. The van der Waals surface area contributed by atoms with Crippen molar-refractivity contribution in [2.75, 3.05) is 5.32 Å². The summed E-state index contributed by atoms with van der Waals surface area (Å²) in [6.45, 7) is 0.133. The van der Waals surface area contributed by atoms with Gasteiger partial charge in [-0.3, -0.25) is 14.9 Å². The number of halogens is 1. The van der Waals surface area contributed by atoms with E-state index in [0.29, 0.717) is 5.69 Å². The fraction of sp³-hybridized carbons (Fsp3) is 0.100. The van der Waals surface area contributed by atoms with Crippen molar-refractivity contribution >= 4 is 17.3 Å². The highest BCUT2D eigenvalue weighted by molar-refractivity contribution is 5.89. The quantitative estimate of drug-likeness (QED) is 0.373. The van der Waals surface area contributed by atoms with Gasteiger partial charge in [0, 0.05) is 30.0 Å². The van der Waals surface area contributed by atoms with Crippen LogP contribution in [0.25, 0.3) is 0 Å². The van der Waals surface area contributed by atoms with Gasteiger partial charge in [0.05, 0.1) is 4.92 Å². The van der Waals surface area contributed by atoms with Gasteiger partial charge in [-0.2, -0.15) is 4.57 Å². The molecule has 1 N–H and O–H groups in total. The van der Waals surface area contributed by atoms with Gasteiger partial charge in [-0.1, -0.05) is 36.4 Å². The van der Waals surface area contributed by atoms with Crippen molar-refractivity contribution in [2.45, 2.75) is 13.0 Å². The predicted octanol–water partition coefficient (Wildman–Crippen LogP) is 0.116. The zero-order valence-corrected chi connectivity index (χ0v) is 15.2. The van der Waals surface area contributed by atoms with Gasteiger partial charge in [0.25, 0.3) is 11.6 Å². The molecule has 0 saturated carbocycles. The second-order valence-corrected chi connectivity index (χ2v) is 5.90. The molecular formula is C20H18ClN3O3. The van der Waals surface area contributed by atoms with Crippen LogP contribution in [-0.2, 0) is 17.8 Å². The van der Waals surface area contributed by atoms with Crippen LogP contribution in [0, 0.1) is 10.1 Å². The van der Waals surface area contributed by atoms with Crippen LogP contribution in [0.15, 0.2) is 79.1 Å². The van der Waals surface area contributed by atoms with E-state index in [4.69, 9.17) is 0 Å². The molecule has 3 aromatic rings. The number of nitro benzene ring substituents is 1. The maximum Gasteiger partial charge on any atom is 0.290 e. The molecule has 138 valence electrons. The van der Waals surface area contributed by atoms with Crippen molar-refractivity contribution in [1.29, 1.82) is 0 Å². The van der Waals surface area contributed by atoms with E-state index in [1.807, 2.05) is 42.7 Å². The van der Waals surface area contributed by atoms with Gasteiger partial charge in [-0.25, -0.2) is 0 Å². The topological polar surface area (TPSA) is 76.1 Å². The second-order valence-electron chi connectivity index (χ2n) is 5.90. The minimum absolute atomic E-state index is 0. The molecule has 7 heteroatoms. The zero-order chi connectivity index (χ0) is 18.4. The van der Waals surface area contributed by atoms with Crippen molar-refractivity contribution in [2.24, 2.45) is 0 Å². The maximum atomic E-state index is 12.1. The molecule has 0 aliphatic carbocycles. The summed E-state index contributed by atoms with van der Waals surface area (Å²) in [5, 5.41) is 13.5. The molecule has 1 amide bonds. The number of benzene rings is 2. The maximum absolute atomic E-state index is 12.1. The van der Waals surface area contributed by atoms with Crippen LogP contribution >= 0.6 is 0 Å². The average Bonchev–Trinajstić information content (AvgIpc) is 2.64. The van der Waals surface area contributed by atoms with Gasteiger partial charge in [-0.05, 0) is 23.6 Å². The van der Waals surface area contributed by atoms with Crippen molar-refractivity contribution in [3.8, 4) is 0 Å². The Hall–Kier alpha value is -3.25. The molecule has 1 heterocycles. The molecule has 0 atom stereocenters. The van der Waals surface area contributed by atoms with E-state index >= 15 is 0 Å². The van der Waals surface area contributed by atoms with Crippen LogP contribution in [0.4, 0.5) is 11.4 Å². The van der Waals surface area contributed by atoms with E-state index in [2.05, 4.69) is 17.4 Å². The number of nitro groups is 1. The van der Waals surface area contributed by atoms with E-state index in [0.717, 1.165) is 12.0 Å². The number of nitrogens with one attached hydrogen (secondary N) is 1. The minimum Gasteiger partial charge on any atom is -1.00 e.